The number of unbranched alkanes of at least 4 members (excludes halogenated alkanes) is 7. The molecule has 3 atom stereocenters. The fourth-order valence-electron chi connectivity index (χ4n) is 3.92. The molecule has 0 spiro atoms. The molecule has 1 unspecified atom stereocenters. The van der Waals surface area contributed by atoms with Gasteiger partial charge in [0.25, 0.3) is 0 Å². The Balaban J connectivity index is 0.00000576. The van der Waals surface area contributed by atoms with Crippen molar-refractivity contribution in [3.63, 3.8) is 0 Å². The second kappa shape index (κ2) is 13.2. The maximum atomic E-state index is 12.1. The zero-order chi connectivity index (χ0) is 18.0. The van der Waals surface area contributed by atoms with Crippen LogP contribution >= 0.6 is 0 Å². The van der Waals surface area contributed by atoms with Crippen molar-refractivity contribution in [1.29, 1.82) is 0 Å². The van der Waals surface area contributed by atoms with Gasteiger partial charge in [0.1, 0.15) is 6.04 Å². The largest absolute Gasteiger partial charge is 1.00 e. The van der Waals surface area contributed by atoms with Crippen LogP contribution < -0.4 is 24.0 Å². The standard InChI is InChI=1S/C20H41N2O2.HI/c1-6-8-9-10-11-12-13-14-15-22(5)17-18(3)21(16-19(22)4)20(23)24-7-2;/h18-19H,6-17H2,1-5H3;1H/q+1;/p-1/t18-,19+,22?;/m1./s1. The molecule has 1 aliphatic rings. The van der Waals surface area contributed by atoms with E-state index < -0.39 is 0 Å². The van der Waals surface area contributed by atoms with Crippen LogP contribution in [0.25, 0.3) is 0 Å². The number of nitrogens with zero attached hydrogens (tertiary/aromatic N) is 2. The maximum absolute atomic E-state index is 12.1. The van der Waals surface area contributed by atoms with E-state index >= 15 is 0 Å². The van der Waals surface area contributed by atoms with E-state index in [0.717, 1.165) is 17.6 Å². The molecule has 25 heavy (non-hydrogen) atoms. The summed E-state index contributed by atoms with van der Waals surface area (Å²) in [6.45, 7) is 12.1. The molecule has 1 heterocycles. The molecule has 0 aromatic rings. The first-order chi connectivity index (χ1) is 11.4. The number of amides is 1. The minimum atomic E-state index is -0.143. The number of ether oxygens (including phenoxy) is 1. The highest BCUT2D eigenvalue weighted by Gasteiger charge is 2.41. The molecule has 1 rings (SSSR count). The summed E-state index contributed by atoms with van der Waals surface area (Å²) in [6.07, 6.45) is 10.8. The zero-order valence-electron chi connectivity index (χ0n) is 17.2. The minimum absolute atomic E-state index is 0. The molecule has 4 nitrogen and oxygen atoms in total. The summed E-state index contributed by atoms with van der Waals surface area (Å²) in [5.41, 5.74) is 0. The number of hydrogen-bond acceptors (Lipinski definition) is 2. The molecular formula is C20H41IN2O2. The van der Waals surface area contributed by atoms with Crippen molar-refractivity contribution >= 4 is 6.09 Å². The van der Waals surface area contributed by atoms with Crippen LogP contribution in [0.15, 0.2) is 0 Å². The normalized spacial score (nSPS) is 26.2. The highest BCUT2D eigenvalue weighted by atomic mass is 127. The van der Waals surface area contributed by atoms with Gasteiger partial charge in [-0.15, -0.1) is 0 Å². The molecule has 1 amide bonds. The van der Waals surface area contributed by atoms with Gasteiger partial charge in [-0.2, -0.15) is 0 Å². The van der Waals surface area contributed by atoms with Crippen LogP contribution in [-0.4, -0.2) is 60.8 Å². The van der Waals surface area contributed by atoms with Crippen molar-refractivity contribution in [2.75, 3.05) is 33.3 Å². The fraction of sp³-hybridized carbons (Fsp3) is 0.950. The third-order valence-corrected chi connectivity index (χ3v) is 5.76. The Bertz CT molecular complexity index is 368. The van der Waals surface area contributed by atoms with E-state index in [1.807, 2.05) is 11.8 Å². The second-order valence-corrected chi connectivity index (χ2v) is 7.91. The Morgan fingerprint density at radius 1 is 1.04 bits per heavy atom. The van der Waals surface area contributed by atoms with Crippen molar-refractivity contribution in [2.45, 2.75) is 91.1 Å². The van der Waals surface area contributed by atoms with Crippen molar-refractivity contribution < 1.29 is 38.0 Å². The molecule has 0 aromatic heterocycles. The van der Waals surface area contributed by atoms with Gasteiger partial charge in [0.2, 0.25) is 0 Å². The van der Waals surface area contributed by atoms with Crippen LogP contribution in [0.5, 0.6) is 0 Å². The van der Waals surface area contributed by atoms with Gasteiger partial charge in [0.05, 0.1) is 39.3 Å². The summed E-state index contributed by atoms with van der Waals surface area (Å²) in [4.78, 5) is 14.0. The average Bonchev–Trinajstić information content (AvgIpc) is 2.53. The Morgan fingerprint density at radius 2 is 1.60 bits per heavy atom. The van der Waals surface area contributed by atoms with E-state index in [2.05, 4.69) is 27.8 Å². The van der Waals surface area contributed by atoms with E-state index in [4.69, 9.17) is 4.74 Å². The van der Waals surface area contributed by atoms with E-state index in [0.29, 0.717) is 12.6 Å². The third kappa shape index (κ3) is 8.46. The highest BCUT2D eigenvalue weighted by molar-refractivity contribution is 5.68. The number of hydrogen-bond donors (Lipinski definition) is 0. The van der Waals surface area contributed by atoms with Gasteiger partial charge in [0.15, 0.2) is 0 Å². The van der Waals surface area contributed by atoms with Crippen LogP contribution in [0.1, 0.15) is 79.1 Å². The molecule has 0 bridgehead atoms. The van der Waals surface area contributed by atoms with E-state index in [-0.39, 0.29) is 36.1 Å². The van der Waals surface area contributed by atoms with Crippen LogP contribution in [0, 0.1) is 0 Å². The quantitative estimate of drug-likeness (QED) is 0.278. The SMILES string of the molecule is CCCCCCCCCC[N+]1(C)C[C@@H](C)N(C(=O)OCC)C[C@@H]1C.[I-]. The minimum Gasteiger partial charge on any atom is -1.00 e. The lowest BCUT2D eigenvalue weighted by Gasteiger charge is -2.49. The Hall–Kier alpha value is -0.0400. The molecule has 1 aliphatic heterocycles. The molecule has 1 saturated heterocycles. The molecule has 0 aromatic carbocycles. The summed E-state index contributed by atoms with van der Waals surface area (Å²) in [6, 6.07) is 0.745. The molecule has 1 fully saturated rings. The van der Waals surface area contributed by atoms with Gasteiger partial charge in [-0.25, -0.2) is 4.79 Å². The predicted molar refractivity (Wildman–Crippen MR) is 101 cm³/mol. The Labute approximate surface area is 173 Å². The van der Waals surface area contributed by atoms with E-state index in [1.165, 1.54) is 57.9 Å². The second-order valence-electron chi connectivity index (χ2n) is 7.91. The first kappa shape index (κ1) is 25.0. The number of quaternary nitrogens is 1. The maximum Gasteiger partial charge on any atom is 0.410 e. The smallest absolute Gasteiger partial charge is 0.410 e. The highest BCUT2D eigenvalue weighted by Crippen LogP contribution is 2.24. The van der Waals surface area contributed by atoms with Crippen molar-refractivity contribution in [3.05, 3.63) is 0 Å². The summed E-state index contributed by atoms with van der Waals surface area (Å²) < 4.78 is 6.29. The number of carbonyl (C=O) groups excluding carboxylic acids is 1. The van der Waals surface area contributed by atoms with Gasteiger partial charge in [-0.1, -0.05) is 45.4 Å². The first-order valence-electron chi connectivity index (χ1n) is 10.2. The number of rotatable bonds is 10. The van der Waals surface area contributed by atoms with Crippen molar-refractivity contribution in [2.24, 2.45) is 0 Å². The molecule has 0 aliphatic carbocycles. The van der Waals surface area contributed by atoms with Crippen LogP contribution in [0.3, 0.4) is 0 Å². The monoisotopic (exact) mass is 468 g/mol. The van der Waals surface area contributed by atoms with Gasteiger partial charge in [-0.05, 0) is 33.6 Å². The zero-order valence-corrected chi connectivity index (χ0v) is 19.4. The first-order valence-corrected chi connectivity index (χ1v) is 10.2. The molecule has 150 valence electrons. The topological polar surface area (TPSA) is 29.5 Å². The lowest BCUT2D eigenvalue weighted by atomic mass is 10.0. The van der Waals surface area contributed by atoms with Gasteiger partial charge >= 0.3 is 6.09 Å². The van der Waals surface area contributed by atoms with Crippen LogP contribution in [0.4, 0.5) is 4.79 Å². The molecule has 0 saturated carbocycles. The summed E-state index contributed by atoms with van der Waals surface area (Å²) in [7, 11) is 2.37. The molecule has 0 N–H and O–H groups in total. The van der Waals surface area contributed by atoms with Crippen molar-refractivity contribution in [3.8, 4) is 0 Å². The van der Waals surface area contributed by atoms with E-state index in [1.54, 1.807) is 0 Å². The van der Waals surface area contributed by atoms with Gasteiger partial charge in [-0.3, -0.25) is 4.90 Å². The number of likely N-dealkylation sites (N-methyl/N-ethyl adjacent to an activating group) is 1. The van der Waals surface area contributed by atoms with Crippen LogP contribution in [0.2, 0.25) is 0 Å². The summed E-state index contributed by atoms with van der Waals surface area (Å²) in [5, 5.41) is 0. The number of piperazine rings is 1. The molecule has 0 radical (unpaired) electrons. The summed E-state index contributed by atoms with van der Waals surface area (Å²) >= 11 is 0. The average molecular weight is 468 g/mol. The van der Waals surface area contributed by atoms with E-state index in [9.17, 15) is 4.79 Å². The Morgan fingerprint density at radius 3 is 2.16 bits per heavy atom. The van der Waals surface area contributed by atoms with Gasteiger partial charge in [0, 0.05) is 0 Å². The predicted octanol–water partition coefficient (Wildman–Crippen LogP) is 1.83. The molecular weight excluding hydrogens is 427 g/mol. The van der Waals surface area contributed by atoms with Crippen LogP contribution in [-0.2, 0) is 4.74 Å². The van der Waals surface area contributed by atoms with Crippen molar-refractivity contribution in [1.82, 2.24) is 4.90 Å². The lowest BCUT2D eigenvalue weighted by Crippen LogP contribution is -3.00. The lowest BCUT2D eigenvalue weighted by molar-refractivity contribution is -0.938. The van der Waals surface area contributed by atoms with Gasteiger partial charge < -0.3 is 33.2 Å². The third-order valence-electron chi connectivity index (χ3n) is 5.76. The number of halogens is 1. The Kier molecular flexibility index (Phi) is 13.2. The number of carbonyl (C=O) groups is 1. The summed E-state index contributed by atoms with van der Waals surface area (Å²) in [5.74, 6) is 0. The fourth-order valence-corrected chi connectivity index (χ4v) is 3.92. The molecule has 5 heteroatoms.